The van der Waals surface area contributed by atoms with Crippen LogP contribution in [0.1, 0.15) is 86.5 Å². The Hall–Kier alpha value is -3.91. The van der Waals surface area contributed by atoms with Crippen LogP contribution in [0.2, 0.25) is 0 Å². The van der Waals surface area contributed by atoms with Gasteiger partial charge in [0.2, 0.25) is 0 Å². The van der Waals surface area contributed by atoms with Gasteiger partial charge in [-0.1, -0.05) is 124 Å². The maximum absolute atomic E-state index is 4.39. The van der Waals surface area contributed by atoms with Gasteiger partial charge in [0.15, 0.2) is 0 Å². The normalized spacial score (nSPS) is 10.3. The van der Waals surface area contributed by atoms with Crippen molar-refractivity contribution >= 4 is 11.3 Å². The van der Waals surface area contributed by atoms with Gasteiger partial charge in [-0.2, -0.15) is 5.10 Å². The summed E-state index contributed by atoms with van der Waals surface area (Å²) in [5, 5.41) is 4.39. The first-order valence-electron chi connectivity index (χ1n) is 15.2. The molecule has 4 rings (SSSR count). The fourth-order valence-electron chi connectivity index (χ4n) is 4.14. The molecule has 0 aliphatic heterocycles. The summed E-state index contributed by atoms with van der Waals surface area (Å²) in [4.78, 5) is 0. The van der Waals surface area contributed by atoms with Gasteiger partial charge in [-0.05, 0) is 100 Å². The quantitative estimate of drug-likeness (QED) is 0.162. The average molecular weight is 563 g/mol. The largest absolute Gasteiger partial charge is 0.242 e. The summed E-state index contributed by atoms with van der Waals surface area (Å²) in [5.41, 5.74) is 12.4. The highest BCUT2D eigenvalue weighted by molar-refractivity contribution is 5.79. The molecule has 3 aromatic carbocycles. The smallest absolute Gasteiger partial charge is 0.0526 e. The predicted octanol–water partition coefficient (Wildman–Crippen LogP) is 11.6. The van der Waals surface area contributed by atoms with Crippen LogP contribution in [0, 0.1) is 27.7 Å². The lowest BCUT2D eigenvalue weighted by Crippen LogP contribution is -1.99. The molecule has 0 aliphatic rings. The van der Waals surface area contributed by atoms with E-state index in [1.807, 2.05) is 41.2 Å². The summed E-state index contributed by atoms with van der Waals surface area (Å²) >= 11 is 0. The summed E-state index contributed by atoms with van der Waals surface area (Å²) in [6, 6.07) is 27.4. The molecule has 0 amide bonds. The van der Waals surface area contributed by atoms with Crippen LogP contribution in [0.3, 0.4) is 0 Å². The van der Waals surface area contributed by atoms with Crippen LogP contribution in [-0.4, -0.2) is 9.78 Å². The highest BCUT2D eigenvalue weighted by Crippen LogP contribution is 2.21. The first-order valence-corrected chi connectivity index (χ1v) is 15.2. The summed E-state index contributed by atoms with van der Waals surface area (Å²) < 4.78 is 1.96. The standard InChI is InChI=1S/C17H20N2.C10H14.C7H8.C6H12/c1-12-8-6-7-9-17(12)13(2)10-15(4)19-16(5)14(3)11-18-19;1-3-9-5-7-10(4-2)8-6-9;1-7-5-3-2-4-6-7;1-4-5-6(2)3/h6-11H,2H2,1,3-5H3;5-8H,3-4H2,1-2H3;2-6H,1H3;2,4-5H2,1,3H3/b15-10-;;;. The molecule has 2 heteroatoms. The van der Waals surface area contributed by atoms with Gasteiger partial charge in [-0.3, -0.25) is 0 Å². The molecule has 0 bridgehead atoms. The Morgan fingerprint density at radius 3 is 1.60 bits per heavy atom. The Morgan fingerprint density at radius 1 is 0.714 bits per heavy atom. The predicted molar refractivity (Wildman–Crippen MR) is 188 cm³/mol. The molecule has 1 aromatic heterocycles. The van der Waals surface area contributed by atoms with Gasteiger partial charge in [0.1, 0.15) is 0 Å². The summed E-state index contributed by atoms with van der Waals surface area (Å²) in [6.45, 7) is 26.9. The molecule has 0 spiro atoms. The van der Waals surface area contributed by atoms with Gasteiger partial charge in [-0.15, -0.1) is 6.58 Å². The third-order valence-corrected chi connectivity index (χ3v) is 6.92. The van der Waals surface area contributed by atoms with E-state index in [1.54, 1.807) is 0 Å². The zero-order valence-electron chi connectivity index (χ0n) is 27.8. The number of nitrogens with zero attached hydrogens (tertiary/aromatic N) is 2. The van der Waals surface area contributed by atoms with E-state index < -0.39 is 0 Å². The molecule has 2 nitrogen and oxygen atoms in total. The van der Waals surface area contributed by atoms with E-state index in [2.05, 4.69) is 135 Å². The van der Waals surface area contributed by atoms with Crippen molar-refractivity contribution in [2.45, 2.75) is 88.0 Å². The average Bonchev–Trinajstić information content (AvgIpc) is 3.32. The molecule has 0 fully saturated rings. The fraction of sp³-hybridized carbons (Fsp3) is 0.325. The molecule has 42 heavy (non-hydrogen) atoms. The Labute approximate surface area is 257 Å². The number of allylic oxidation sites excluding steroid dienone is 4. The number of hydrogen-bond donors (Lipinski definition) is 0. The number of aryl methyl sites for hydroxylation is 5. The number of rotatable bonds is 7. The SMILES string of the molecule is C=C(/C=C(/C)n1ncc(C)c1C)c1ccccc1C.C=C(C)CCC.CCc1ccc(CC)cc1.Cc1ccccc1. The van der Waals surface area contributed by atoms with Crippen molar-refractivity contribution in [2.24, 2.45) is 0 Å². The van der Waals surface area contributed by atoms with Crippen molar-refractivity contribution in [1.82, 2.24) is 9.78 Å². The van der Waals surface area contributed by atoms with E-state index in [9.17, 15) is 0 Å². The lowest BCUT2D eigenvalue weighted by molar-refractivity contribution is 0.860. The summed E-state index contributed by atoms with van der Waals surface area (Å²) in [5.74, 6) is 0. The van der Waals surface area contributed by atoms with Gasteiger partial charge in [0.05, 0.1) is 6.20 Å². The Balaban J connectivity index is 0.000000319. The molecule has 224 valence electrons. The zero-order valence-corrected chi connectivity index (χ0v) is 27.8. The minimum Gasteiger partial charge on any atom is -0.242 e. The third-order valence-electron chi connectivity index (χ3n) is 6.92. The lowest BCUT2D eigenvalue weighted by atomic mass is 10.0. The number of benzene rings is 3. The van der Waals surface area contributed by atoms with Crippen LogP contribution in [0.15, 0.2) is 110 Å². The Kier molecular flexibility index (Phi) is 17.2. The molecule has 0 radical (unpaired) electrons. The minimum absolute atomic E-state index is 1.02. The minimum atomic E-state index is 1.02. The number of aromatic nitrogens is 2. The molecule has 0 N–H and O–H groups in total. The van der Waals surface area contributed by atoms with E-state index in [-0.39, 0.29) is 0 Å². The Morgan fingerprint density at radius 2 is 1.24 bits per heavy atom. The van der Waals surface area contributed by atoms with Crippen molar-refractivity contribution in [3.8, 4) is 0 Å². The summed E-state index contributed by atoms with van der Waals surface area (Å²) in [6.07, 6.45) is 8.67. The van der Waals surface area contributed by atoms with E-state index in [1.165, 1.54) is 57.5 Å². The van der Waals surface area contributed by atoms with Crippen molar-refractivity contribution < 1.29 is 0 Å². The van der Waals surface area contributed by atoms with Crippen molar-refractivity contribution in [3.05, 3.63) is 149 Å². The van der Waals surface area contributed by atoms with E-state index in [4.69, 9.17) is 0 Å². The highest BCUT2D eigenvalue weighted by Gasteiger charge is 2.05. The zero-order chi connectivity index (χ0) is 31.5. The van der Waals surface area contributed by atoms with Crippen molar-refractivity contribution in [1.29, 1.82) is 0 Å². The number of hydrogen-bond acceptors (Lipinski definition) is 1. The molecule has 0 unspecified atom stereocenters. The first kappa shape index (κ1) is 36.1. The molecule has 0 saturated carbocycles. The van der Waals surface area contributed by atoms with E-state index in [0.717, 1.165) is 24.1 Å². The monoisotopic (exact) mass is 562 g/mol. The second-order valence-electron chi connectivity index (χ2n) is 10.8. The fourth-order valence-corrected chi connectivity index (χ4v) is 4.14. The molecule has 1 heterocycles. The molecule has 4 aromatic rings. The second-order valence-corrected chi connectivity index (χ2v) is 10.8. The second kappa shape index (κ2) is 20.0. The van der Waals surface area contributed by atoms with Gasteiger partial charge in [-0.25, -0.2) is 4.68 Å². The molecule has 0 saturated heterocycles. The van der Waals surface area contributed by atoms with Crippen LogP contribution in [-0.2, 0) is 12.8 Å². The van der Waals surface area contributed by atoms with E-state index >= 15 is 0 Å². The van der Waals surface area contributed by atoms with Crippen LogP contribution < -0.4 is 0 Å². The van der Waals surface area contributed by atoms with Crippen LogP contribution in [0.25, 0.3) is 11.3 Å². The maximum atomic E-state index is 4.39. The van der Waals surface area contributed by atoms with Crippen LogP contribution in [0.4, 0.5) is 0 Å². The molecule has 0 aliphatic carbocycles. The molecule has 0 atom stereocenters. The first-order chi connectivity index (χ1) is 20.0. The van der Waals surface area contributed by atoms with Gasteiger partial charge in [0, 0.05) is 11.4 Å². The van der Waals surface area contributed by atoms with Gasteiger partial charge >= 0.3 is 0 Å². The molecular weight excluding hydrogens is 508 g/mol. The third kappa shape index (κ3) is 13.6. The summed E-state index contributed by atoms with van der Waals surface area (Å²) in [7, 11) is 0. The Bertz CT molecular complexity index is 1350. The van der Waals surface area contributed by atoms with Crippen LogP contribution >= 0.6 is 0 Å². The highest BCUT2D eigenvalue weighted by atomic mass is 15.3. The van der Waals surface area contributed by atoms with Gasteiger partial charge < -0.3 is 0 Å². The van der Waals surface area contributed by atoms with Crippen LogP contribution in [0.5, 0.6) is 0 Å². The topological polar surface area (TPSA) is 17.8 Å². The maximum Gasteiger partial charge on any atom is 0.0526 e. The van der Waals surface area contributed by atoms with Crippen molar-refractivity contribution in [3.63, 3.8) is 0 Å². The van der Waals surface area contributed by atoms with Gasteiger partial charge in [0.25, 0.3) is 0 Å². The molecular formula is C40H54N2. The van der Waals surface area contributed by atoms with E-state index in [0.29, 0.717) is 0 Å². The lowest BCUT2D eigenvalue weighted by Gasteiger charge is -2.09. The van der Waals surface area contributed by atoms with Crippen molar-refractivity contribution in [2.75, 3.05) is 0 Å².